The summed E-state index contributed by atoms with van der Waals surface area (Å²) in [7, 11) is 1.47. The Morgan fingerprint density at radius 3 is 2.57 bits per heavy atom. The van der Waals surface area contributed by atoms with Crippen LogP contribution in [-0.2, 0) is 0 Å². The predicted octanol–water partition coefficient (Wildman–Crippen LogP) is 2.04. The van der Waals surface area contributed by atoms with Crippen LogP contribution in [0.5, 0.6) is 5.75 Å². The van der Waals surface area contributed by atoms with Crippen molar-refractivity contribution in [2.45, 2.75) is 43.8 Å². The number of benzene rings is 1. The van der Waals surface area contributed by atoms with Crippen LogP contribution in [0.1, 0.15) is 36.0 Å². The topological polar surface area (TPSA) is 93.5 Å². The summed E-state index contributed by atoms with van der Waals surface area (Å²) in [6, 6.07) is 5.17. The second kappa shape index (κ2) is 7.14. The molecule has 2 aliphatic heterocycles. The Kier molecular flexibility index (Phi) is 5.43. The van der Waals surface area contributed by atoms with E-state index < -0.39 is 10.8 Å². The SMILES string of the molecule is COc1ccc([N+](=O)[O-])c(C(=O)NC2CC3CCC(C2)N3)c1.Cl. The molecular weight excluding hydrogens is 322 g/mol. The molecule has 0 aliphatic carbocycles. The van der Waals surface area contributed by atoms with Gasteiger partial charge in [0.05, 0.1) is 12.0 Å². The molecule has 2 heterocycles. The molecule has 1 aromatic carbocycles. The second-order valence-corrected chi connectivity index (χ2v) is 5.92. The molecule has 0 aromatic heterocycles. The summed E-state index contributed by atoms with van der Waals surface area (Å²) in [4.78, 5) is 23.0. The molecule has 0 radical (unpaired) electrons. The monoisotopic (exact) mass is 341 g/mol. The molecule has 3 rings (SSSR count). The number of carbonyl (C=O) groups excluding carboxylic acids is 1. The van der Waals surface area contributed by atoms with Crippen molar-refractivity contribution < 1.29 is 14.5 Å². The predicted molar refractivity (Wildman–Crippen MR) is 87.3 cm³/mol. The molecule has 2 saturated heterocycles. The van der Waals surface area contributed by atoms with Crippen molar-refractivity contribution in [3.8, 4) is 5.75 Å². The van der Waals surface area contributed by atoms with Gasteiger partial charge in [0.2, 0.25) is 0 Å². The molecule has 0 spiro atoms. The average molecular weight is 342 g/mol. The smallest absolute Gasteiger partial charge is 0.282 e. The van der Waals surface area contributed by atoms with Crippen molar-refractivity contribution in [1.82, 2.24) is 10.6 Å². The minimum Gasteiger partial charge on any atom is -0.497 e. The molecule has 2 N–H and O–H groups in total. The van der Waals surface area contributed by atoms with Crippen molar-refractivity contribution in [1.29, 1.82) is 0 Å². The molecule has 1 aromatic rings. The van der Waals surface area contributed by atoms with Crippen molar-refractivity contribution in [3.63, 3.8) is 0 Å². The summed E-state index contributed by atoms with van der Waals surface area (Å²) >= 11 is 0. The summed E-state index contributed by atoms with van der Waals surface area (Å²) in [5.41, 5.74) is -0.148. The number of halogens is 1. The van der Waals surface area contributed by atoms with Crippen LogP contribution >= 0.6 is 12.4 Å². The standard InChI is InChI=1S/C15H19N3O4.ClH/c1-22-12-4-5-14(18(20)21)13(8-12)15(19)17-11-6-9-2-3-10(7-11)16-9;/h4-5,8-11,16H,2-3,6-7H2,1H3,(H,17,19);1H. The first-order valence-corrected chi connectivity index (χ1v) is 7.46. The first-order chi connectivity index (χ1) is 10.6. The Hall–Kier alpha value is -1.86. The maximum atomic E-state index is 12.4. The van der Waals surface area contributed by atoms with E-state index in [9.17, 15) is 14.9 Å². The first-order valence-electron chi connectivity index (χ1n) is 7.46. The molecule has 2 bridgehead atoms. The van der Waals surface area contributed by atoms with Crippen molar-refractivity contribution in [2.24, 2.45) is 0 Å². The third kappa shape index (κ3) is 3.73. The summed E-state index contributed by atoms with van der Waals surface area (Å²) in [5.74, 6) is 0.0260. The van der Waals surface area contributed by atoms with Gasteiger partial charge < -0.3 is 15.4 Å². The summed E-state index contributed by atoms with van der Waals surface area (Å²) in [6.45, 7) is 0. The highest BCUT2D eigenvalue weighted by atomic mass is 35.5. The van der Waals surface area contributed by atoms with Gasteiger partial charge in [0, 0.05) is 24.2 Å². The van der Waals surface area contributed by atoms with Gasteiger partial charge in [0.1, 0.15) is 11.3 Å². The van der Waals surface area contributed by atoms with Crippen LogP contribution in [0.4, 0.5) is 5.69 Å². The number of rotatable bonds is 4. The maximum Gasteiger partial charge on any atom is 0.282 e. The van der Waals surface area contributed by atoms with Gasteiger partial charge in [0.25, 0.3) is 11.6 Å². The van der Waals surface area contributed by atoms with E-state index in [4.69, 9.17) is 4.74 Å². The number of nitro groups is 1. The number of nitrogens with one attached hydrogen (secondary N) is 2. The Balaban J connectivity index is 0.00000192. The van der Waals surface area contributed by atoms with Gasteiger partial charge >= 0.3 is 0 Å². The molecule has 2 atom stereocenters. The third-order valence-electron chi connectivity index (χ3n) is 4.45. The van der Waals surface area contributed by atoms with E-state index >= 15 is 0 Å². The lowest BCUT2D eigenvalue weighted by Gasteiger charge is -2.29. The molecule has 1 amide bonds. The van der Waals surface area contributed by atoms with Gasteiger partial charge in [-0.3, -0.25) is 14.9 Å². The Bertz CT molecular complexity index is 598. The first kappa shape index (κ1) is 17.5. The summed E-state index contributed by atoms with van der Waals surface area (Å²) in [6.07, 6.45) is 4.02. The molecule has 2 aliphatic rings. The average Bonchev–Trinajstić information content (AvgIpc) is 2.85. The lowest BCUT2D eigenvalue weighted by atomic mass is 9.99. The van der Waals surface area contributed by atoms with E-state index in [2.05, 4.69) is 10.6 Å². The quantitative estimate of drug-likeness (QED) is 0.645. The highest BCUT2D eigenvalue weighted by Crippen LogP contribution is 2.28. The number of nitrogens with zero attached hydrogens (tertiary/aromatic N) is 1. The van der Waals surface area contributed by atoms with Crippen LogP contribution < -0.4 is 15.4 Å². The lowest BCUT2D eigenvalue weighted by molar-refractivity contribution is -0.385. The van der Waals surface area contributed by atoms with E-state index in [1.165, 1.54) is 25.3 Å². The van der Waals surface area contributed by atoms with Gasteiger partial charge in [-0.25, -0.2) is 0 Å². The second-order valence-electron chi connectivity index (χ2n) is 5.92. The number of carbonyl (C=O) groups is 1. The zero-order valence-electron chi connectivity index (χ0n) is 12.8. The third-order valence-corrected chi connectivity index (χ3v) is 4.45. The van der Waals surface area contributed by atoms with Crippen LogP contribution in [0, 0.1) is 10.1 Å². The fourth-order valence-electron chi connectivity index (χ4n) is 3.42. The molecule has 23 heavy (non-hydrogen) atoms. The Labute approximate surface area is 140 Å². The number of amides is 1. The molecular formula is C15H20ClN3O4. The zero-order chi connectivity index (χ0) is 15.7. The number of ether oxygens (including phenoxy) is 1. The van der Waals surface area contributed by atoms with Crippen LogP contribution in [0.2, 0.25) is 0 Å². The molecule has 2 fully saturated rings. The molecule has 2 unspecified atom stereocenters. The molecule has 126 valence electrons. The molecule has 0 saturated carbocycles. The Morgan fingerprint density at radius 1 is 1.35 bits per heavy atom. The largest absolute Gasteiger partial charge is 0.497 e. The van der Waals surface area contributed by atoms with E-state index in [1.807, 2.05) is 0 Å². The van der Waals surface area contributed by atoms with E-state index in [0.717, 1.165) is 25.7 Å². The maximum absolute atomic E-state index is 12.4. The van der Waals surface area contributed by atoms with E-state index in [0.29, 0.717) is 17.8 Å². The molecule has 8 heteroatoms. The minimum absolute atomic E-state index is 0. The summed E-state index contributed by atoms with van der Waals surface area (Å²) in [5, 5.41) is 17.6. The lowest BCUT2D eigenvalue weighted by Crippen LogP contribution is -2.48. The highest BCUT2D eigenvalue weighted by Gasteiger charge is 2.34. The summed E-state index contributed by atoms with van der Waals surface area (Å²) < 4.78 is 5.06. The van der Waals surface area contributed by atoms with Crippen LogP contribution in [0.15, 0.2) is 18.2 Å². The van der Waals surface area contributed by atoms with Gasteiger partial charge in [-0.2, -0.15) is 0 Å². The van der Waals surface area contributed by atoms with Crippen molar-refractivity contribution in [3.05, 3.63) is 33.9 Å². The van der Waals surface area contributed by atoms with Crippen molar-refractivity contribution >= 4 is 24.0 Å². The number of piperidine rings is 1. The van der Waals surface area contributed by atoms with Crippen molar-refractivity contribution in [2.75, 3.05) is 7.11 Å². The fraction of sp³-hybridized carbons (Fsp3) is 0.533. The number of hydrogen-bond acceptors (Lipinski definition) is 5. The minimum atomic E-state index is -0.541. The van der Waals surface area contributed by atoms with Gasteiger partial charge in [-0.05, 0) is 37.8 Å². The highest BCUT2D eigenvalue weighted by molar-refractivity contribution is 5.98. The number of methoxy groups -OCH3 is 1. The number of fused-ring (bicyclic) bond motifs is 2. The Morgan fingerprint density at radius 2 is 2.00 bits per heavy atom. The molecule has 7 nitrogen and oxygen atoms in total. The van der Waals surface area contributed by atoms with E-state index in [-0.39, 0.29) is 29.7 Å². The normalized spacial score (nSPS) is 25.3. The number of nitro benzene ring substituents is 1. The van der Waals surface area contributed by atoms with Gasteiger partial charge in [-0.1, -0.05) is 0 Å². The zero-order valence-corrected chi connectivity index (χ0v) is 13.6. The number of hydrogen-bond donors (Lipinski definition) is 2. The van der Waals surface area contributed by atoms with E-state index in [1.54, 1.807) is 0 Å². The van der Waals surface area contributed by atoms with Crippen LogP contribution in [-0.4, -0.2) is 36.1 Å². The van der Waals surface area contributed by atoms with Crippen LogP contribution in [0.25, 0.3) is 0 Å². The van der Waals surface area contributed by atoms with Gasteiger partial charge in [0.15, 0.2) is 0 Å². The van der Waals surface area contributed by atoms with Gasteiger partial charge in [-0.15, -0.1) is 12.4 Å². The fourth-order valence-corrected chi connectivity index (χ4v) is 3.42. The van der Waals surface area contributed by atoms with Crippen LogP contribution in [0.3, 0.4) is 0 Å².